The van der Waals surface area contributed by atoms with Crippen LogP contribution in [0.4, 0.5) is 22.7 Å². The number of nitrogens with zero attached hydrogens (tertiary/aromatic N) is 4. The molecule has 2 heterocycles. The van der Waals surface area contributed by atoms with Crippen LogP contribution in [0.25, 0.3) is 38.7 Å². The van der Waals surface area contributed by atoms with Crippen molar-refractivity contribution in [2.75, 3.05) is 16.5 Å². The van der Waals surface area contributed by atoms with E-state index >= 15 is 0 Å². The first-order chi connectivity index (χ1) is 24.3. The van der Waals surface area contributed by atoms with Crippen molar-refractivity contribution in [3.8, 4) is 39.4 Å². The lowest BCUT2D eigenvalue weighted by Gasteiger charge is -2.27. The molecule has 0 saturated heterocycles. The minimum absolute atomic E-state index is 0.630. The molecule has 9 rings (SSSR count). The summed E-state index contributed by atoms with van der Waals surface area (Å²) in [5.41, 5.74) is 10.3. The molecule has 0 N–H and O–H groups in total. The van der Waals surface area contributed by atoms with Crippen molar-refractivity contribution in [3.05, 3.63) is 182 Å². The molecule has 7 aromatic carbocycles. The van der Waals surface area contributed by atoms with E-state index in [0.717, 1.165) is 28.6 Å². The molecule has 0 unspecified atom stereocenters. The van der Waals surface area contributed by atoms with Gasteiger partial charge in [-0.1, -0.05) is 121 Å². The molecular weight excluding hydrogens is 601 g/mol. The van der Waals surface area contributed by atoms with Gasteiger partial charge in [0.2, 0.25) is 0 Å². The molecule has 0 spiro atoms. The van der Waals surface area contributed by atoms with E-state index in [1.807, 2.05) is 47.3 Å². The standard InChI is InChI=1S/C44H32N4O/c1-3-13-32(14-4-1)39-23-11-24-40(33-15-5-2-6-16-33)43(39)47-31-46(42-26-25-34-17-7-8-22-41(34)44(42)47)35-18-9-20-37(29-35)49-38-21-10-19-36(30-38)48-28-12-27-45-48/h1-30H,31H2. The summed E-state index contributed by atoms with van der Waals surface area (Å²) in [7, 11) is 0. The van der Waals surface area contributed by atoms with E-state index in [4.69, 9.17) is 4.74 Å². The number of para-hydroxylation sites is 1. The van der Waals surface area contributed by atoms with Crippen LogP contribution in [0.3, 0.4) is 0 Å². The first kappa shape index (κ1) is 28.6. The zero-order valence-corrected chi connectivity index (χ0v) is 26.7. The van der Waals surface area contributed by atoms with Gasteiger partial charge in [0.1, 0.15) is 18.2 Å². The Morgan fingerprint density at radius 3 is 1.82 bits per heavy atom. The fraction of sp³-hybridized carbons (Fsp3) is 0.0227. The number of rotatable bonds is 7. The van der Waals surface area contributed by atoms with Crippen molar-refractivity contribution in [2.24, 2.45) is 0 Å². The maximum atomic E-state index is 6.46. The van der Waals surface area contributed by atoms with Crippen molar-refractivity contribution in [1.82, 2.24) is 9.78 Å². The first-order valence-corrected chi connectivity index (χ1v) is 16.5. The third kappa shape index (κ3) is 5.28. The summed E-state index contributed by atoms with van der Waals surface area (Å²) in [5, 5.41) is 6.80. The highest BCUT2D eigenvalue weighted by atomic mass is 16.5. The largest absolute Gasteiger partial charge is 0.457 e. The van der Waals surface area contributed by atoms with Crippen molar-refractivity contribution < 1.29 is 4.74 Å². The Hall–Kier alpha value is -6.59. The molecule has 234 valence electrons. The van der Waals surface area contributed by atoms with E-state index in [0.29, 0.717) is 6.67 Å². The van der Waals surface area contributed by atoms with Crippen molar-refractivity contribution >= 4 is 33.5 Å². The van der Waals surface area contributed by atoms with Gasteiger partial charge < -0.3 is 14.5 Å². The quantitative estimate of drug-likeness (QED) is 0.175. The van der Waals surface area contributed by atoms with Crippen LogP contribution in [0.1, 0.15) is 0 Å². The highest BCUT2D eigenvalue weighted by molar-refractivity contribution is 6.09. The van der Waals surface area contributed by atoms with Crippen LogP contribution in [0, 0.1) is 0 Å². The molecule has 0 saturated carbocycles. The van der Waals surface area contributed by atoms with Crippen molar-refractivity contribution in [1.29, 1.82) is 0 Å². The van der Waals surface area contributed by atoms with Gasteiger partial charge in [-0.25, -0.2) is 4.68 Å². The second kappa shape index (κ2) is 12.2. The van der Waals surface area contributed by atoms with E-state index in [9.17, 15) is 0 Å². The van der Waals surface area contributed by atoms with Gasteiger partial charge >= 0.3 is 0 Å². The van der Waals surface area contributed by atoms with Gasteiger partial charge in [0, 0.05) is 46.7 Å². The normalized spacial score (nSPS) is 12.3. The fourth-order valence-electron chi connectivity index (χ4n) is 6.93. The summed E-state index contributed by atoms with van der Waals surface area (Å²) in [6.07, 6.45) is 3.71. The number of hydrogen-bond acceptors (Lipinski definition) is 4. The maximum absolute atomic E-state index is 6.46. The molecule has 0 atom stereocenters. The van der Waals surface area contributed by atoms with Crippen molar-refractivity contribution in [2.45, 2.75) is 0 Å². The average Bonchev–Trinajstić information content (AvgIpc) is 3.85. The van der Waals surface area contributed by atoms with Crippen LogP contribution < -0.4 is 14.5 Å². The summed E-state index contributed by atoms with van der Waals surface area (Å²) in [4.78, 5) is 4.90. The molecule has 5 nitrogen and oxygen atoms in total. The third-order valence-corrected chi connectivity index (χ3v) is 9.15. The van der Waals surface area contributed by atoms with Crippen LogP contribution in [-0.2, 0) is 0 Å². The predicted octanol–water partition coefficient (Wildman–Crippen LogP) is 11.4. The third-order valence-electron chi connectivity index (χ3n) is 9.15. The second-order valence-corrected chi connectivity index (χ2v) is 12.1. The molecule has 49 heavy (non-hydrogen) atoms. The molecule has 0 bridgehead atoms. The highest BCUT2D eigenvalue weighted by Crippen LogP contribution is 2.52. The second-order valence-electron chi connectivity index (χ2n) is 12.1. The molecule has 0 aliphatic carbocycles. The highest BCUT2D eigenvalue weighted by Gasteiger charge is 2.33. The Labute approximate surface area is 285 Å². The Morgan fingerprint density at radius 2 is 1.12 bits per heavy atom. The lowest BCUT2D eigenvalue weighted by atomic mass is 9.94. The Morgan fingerprint density at radius 1 is 0.490 bits per heavy atom. The molecule has 5 heteroatoms. The predicted molar refractivity (Wildman–Crippen MR) is 200 cm³/mol. The van der Waals surface area contributed by atoms with Crippen LogP contribution in [0.5, 0.6) is 11.5 Å². The number of fused-ring (bicyclic) bond motifs is 3. The van der Waals surface area contributed by atoms with Crippen LogP contribution >= 0.6 is 0 Å². The molecule has 1 aliphatic rings. The van der Waals surface area contributed by atoms with Gasteiger partial charge in [-0.15, -0.1) is 0 Å². The number of ether oxygens (including phenoxy) is 1. The maximum Gasteiger partial charge on any atom is 0.129 e. The van der Waals surface area contributed by atoms with Gasteiger partial charge in [-0.3, -0.25) is 0 Å². The van der Waals surface area contributed by atoms with E-state index in [-0.39, 0.29) is 0 Å². The Balaban J connectivity index is 1.18. The lowest BCUT2D eigenvalue weighted by molar-refractivity contribution is 0.482. The molecule has 1 aliphatic heterocycles. The van der Waals surface area contributed by atoms with Crippen LogP contribution in [-0.4, -0.2) is 16.4 Å². The van der Waals surface area contributed by atoms with E-state index in [2.05, 4.69) is 148 Å². The summed E-state index contributed by atoms with van der Waals surface area (Å²) in [6.45, 7) is 0.630. The minimum Gasteiger partial charge on any atom is -0.457 e. The van der Waals surface area contributed by atoms with Crippen LogP contribution in [0.2, 0.25) is 0 Å². The number of aromatic nitrogens is 2. The number of hydrogen-bond donors (Lipinski definition) is 0. The summed E-state index contributed by atoms with van der Waals surface area (Å²) < 4.78 is 8.29. The Bertz CT molecular complexity index is 2350. The van der Waals surface area contributed by atoms with Gasteiger partial charge in [0.25, 0.3) is 0 Å². The monoisotopic (exact) mass is 632 g/mol. The zero-order chi connectivity index (χ0) is 32.6. The summed E-state index contributed by atoms with van der Waals surface area (Å²) in [5.74, 6) is 1.52. The molecule has 0 radical (unpaired) electrons. The first-order valence-electron chi connectivity index (χ1n) is 16.5. The molecule has 8 aromatic rings. The lowest BCUT2D eigenvalue weighted by Crippen LogP contribution is -2.25. The van der Waals surface area contributed by atoms with E-state index in [1.54, 1.807) is 6.20 Å². The summed E-state index contributed by atoms with van der Waals surface area (Å²) >= 11 is 0. The van der Waals surface area contributed by atoms with Gasteiger partial charge in [-0.05, 0) is 52.9 Å². The SMILES string of the molecule is c1ccc(-c2cccc(-c3ccccc3)c2N2CN(c3cccc(Oc4cccc(-n5cccn5)c4)c3)c3ccc4ccccc4c32)cc1. The topological polar surface area (TPSA) is 33.5 Å². The van der Waals surface area contributed by atoms with E-state index in [1.165, 1.54) is 44.4 Å². The fourth-order valence-corrected chi connectivity index (χ4v) is 6.93. The van der Waals surface area contributed by atoms with Gasteiger partial charge in [-0.2, -0.15) is 5.10 Å². The molecular formula is C44H32N4O. The van der Waals surface area contributed by atoms with E-state index < -0.39 is 0 Å². The molecule has 0 amide bonds. The van der Waals surface area contributed by atoms with Crippen LogP contribution in [0.15, 0.2) is 182 Å². The zero-order valence-electron chi connectivity index (χ0n) is 26.7. The molecule has 0 fully saturated rings. The molecule has 1 aromatic heterocycles. The minimum atomic E-state index is 0.630. The smallest absolute Gasteiger partial charge is 0.129 e. The van der Waals surface area contributed by atoms with Gasteiger partial charge in [0.15, 0.2) is 0 Å². The van der Waals surface area contributed by atoms with Gasteiger partial charge in [0.05, 0.1) is 22.7 Å². The van der Waals surface area contributed by atoms with Crippen molar-refractivity contribution in [3.63, 3.8) is 0 Å². The number of benzene rings is 7. The average molecular weight is 633 g/mol. The Kier molecular flexibility index (Phi) is 7.13. The summed E-state index contributed by atoms with van der Waals surface area (Å²) in [6, 6.07) is 59.5. The number of anilines is 4.